The van der Waals surface area contributed by atoms with Crippen molar-refractivity contribution in [3.8, 4) is 0 Å². The molecule has 2 N–H and O–H groups in total. The summed E-state index contributed by atoms with van der Waals surface area (Å²) in [5, 5.41) is 9.85. The summed E-state index contributed by atoms with van der Waals surface area (Å²) in [6.07, 6.45) is 1.10. The fourth-order valence-corrected chi connectivity index (χ4v) is 5.05. The van der Waals surface area contributed by atoms with Crippen molar-refractivity contribution in [1.29, 1.82) is 0 Å². The number of anilines is 1. The van der Waals surface area contributed by atoms with Gasteiger partial charge in [0.25, 0.3) is 5.91 Å². The molecule has 3 rings (SSSR count). The molecule has 0 radical (unpaired) electrons. The first-order chi connectivity index (χ1) is 20.5. The van der Waals surface area contributed by atoms with Crippen LogP contribution in [0.1, 0.15) is 25.3 Å². The molecule has 1 aromatic rings. The van der Waals surface area contributed by atoms with Crippen LogP contribution in [0.2, 0.25) is 5.02 Å². The van der Waals surface area contributed by atoms with E-state index in [9.17, 15) is 22.8 Å². The standard InChI is InChI=1S/C21H28ClF3N6O2S.C7H11NO/c1-5-16(26-2)19(29-8-10-30(34-4)11-9-29)20(33)31(27-3)13-18(32)28-17-7-6-14(12-15(17)22)21(23,24)25;1-8-6-7-2-4-9-5-3-7/h6-7,12,26H,3,5,8-11,13H2,1-2,4H3,(H,28,32);2H,1,3-6H2/b19-16+;. The maximum Gasteiger partial charge on any atom is 0.416 e. The van der Waals surface area contributed by atoms with E-state index in [2.05, 4.69) is 44.5 Å². The number of nitrogens with one attached hydrogen (secondary N) is 2. The zero-order valence-electron chi connectivity index (χ0n) is 24.7. The highest BCUT2D eigenvalue weighted by atomic mass is 35.5. The summed E-state index contributed by atoms with van der Waals surface area (Å²) in [7, 11) is 1.72. The van der Waals surface area contributed by atoms with Crippen LogP contribution >= 0.6 is 23.5 Å². The molecule has 0 aromatic heterocycles. The van der Waals surface area contributed by atoms with Crippen molar-refractivity contribution in [2.24, 2.45) is 10.1 Å². The molecule has 10 nitrogen and oxygen atoms in total. The van der Waals surface area contributed by atoms with E-state index in [1.165, 1.54) is 5.57 Å². The van der Waals surface area contributed by atoms with Crippen molar-refractivity contribution >= 4 is 54.5 Å². The molecule has 238 valence electrons. The Morgan fingerprint density at radius 3 is 2.40 bits per heavy atom. The zero-order chi connectivity index (χ0) is 32.0. The smallest absolute Gasteiger partial charge is 0.390 e. The first-order valence-corrected chi connectivity index (χ1v) is 15.1. The van der Waals surface area contributed by atoms with Gasteiger partial charge in [-0.15, -0.1) is 0 Å². The quantitative estimate of drug-likeness (QED) is 0.120. The predicted octanol–water partition coefficient (Wildman–Crippen LogP) is 4.51. The Kier molecular flexibility index (Phi) is 15.0. The van der Waals surface area contributed by atoms with Gasteiger partial charge in [-0.05, 0) is 49.6 Å². The van der Waals surface area contributed by atoms with E-state index in [0.29, 0.717) is 30.9 Å². The number of hydrogen-bond acceptors (Lipinski definition) is 9. The van der Waals surface area contributed by atoms with Crippen molar-refractivity contribution in [3.63, 3.8) is 0 Å². The number of benzene rings is 1. The molecular formula is C28H39ClF3N7O3S. The van der Waals surface area contributed by atoms with Crippen LogP contribution in [-0.4, -0.2) is 105 Å². The molecule has 0 unspecified atom stereocenters. The van der Waals surface area contributed by atoms with Gasteiger partial charge in [0.2, 0.25) is 5.91 Å². The molecule has 43 heavy (non-hydrogen) atoms. The number of rotatable bonds is 11. The van der Waals surface area contributed by atoms with Gasteiger partial charge in [-0.2, -0.15) is 18.3 Å². The number of allylic oxidation sites excluding steroid dienone is 1. The van der Waals surface area contributed by atoms with Crippen molar-refractivity contribution in [2.75, 3.05) is 71.1 Å². The van der Waals surface area contributed by atoms with Gasteiger partial charge in [0.1, 0.15) is 12.2 Å². The minimum atomic E-state index is -4.56. The maximum atomic E-state index is 13.4. The summed E-state index contributed by atoms with van der Waals surface area (Å²) in [6.45, 7) is 13.4. The highest BCUT2D eigenvalue weighted by Gasteiger charge is 2.32. The second kappa shape index (κ2) is 17.9. The highest BCUT2D eigenvalue weighted by Crippen LogP contribution is 2.33. The number of piperazine rings is 1. The summed E-state index contributed by atoms with van der Waals surface area (Å²) in [4.78, 5) is 31.7. The Hall–Kier alpha value is -3.07. The minimum Gasteiger partial charge on any atom is -0.390 e. The lowest BCUT2D eigenvalue weighted by Gasteiger charge is -2.37. The average molecular weight is 646 g/mol. The second-order valence-corrected chi connectivity index (χ2v) is 10.6. The number of amides is 2. The Bertz CT molecular complexity index is 1180. The van der Waals surface area contributed by atoms with Gasteiger partial charge in [0.15, 0.2) is 0 Å². The molecule has 1 aromatic carbocycles. The predicted molar refractivity (Wildman–Crippen MR) is 167 cm³/mol. The number of alkyl halides is 3. The van der Waals surface area contributed by atoms with Gasteiger partial charge in [-0.1, -0.05) is 36.5 Å². The third kappa shape index (κ3) is 11.2. The second-order valence-electron chi connectivity index (χ2n) is 9.34. The molecule has 1 saturated heterocycles. The fraction of sp³-hybridized carbons (Fsp3) is 0.500. The highest BCUT2D eigenvalue weighted by molar-refractivity contribution is 7.96. The molecule has 0 atom stereocenters. The molecule has 15 heteroatoms. The first-order valence-electron chi connectivity index (χ1n) is 13.6. The van der Waals surface area contributed by atoms with Crippen molar-refractivity contribution < 1.29 is 27.5 Å². The number of carbonyl (C=O) groups excluding carboxylic acids is 2. The fourth-order valence-electron chi connectivity index (χ4n) is 4.29. The van der Waals surface area contributed by atoms with Gasteiger partial charge in [0.05, 0.1) is 36.0 Å². The largest absolute Gasteiger partial charge is 0.416 e. The summed E-state index contributed by atoms with van der Waals surface area (Å²) in [6, 6.07) is 2.59. The molecule has 0 aliphatic carbocycles. The topological polar surface area (TPSA) is 102 Å². The number of nitrogens with zero attached hydrogens (tertiary/aromatic N) is 5. The Morgan fingerprint density at radius 1 is 1.21 bits per heavy atom. The lowest BCUT2D eigenvalue weighted by atomic mass is 10.1. The third-order valence-electron chi connectivity index (χ3n) is 6.60. The van der Waals surface area contributed by atoms with E-state index in [4.69, 9.17) is 16.3 Å². The molecule has 2 amide bonds. The monoisotopic (exact) mass is 645 g/mol. The van der Waals surface area contributed by atoms with E-state index in [1.807, 2.05) is 18.1 Å². The maximum absolute atomic E-state index is 13.4. The molecule has 0 bridgehead atoms. The molecule has 0 spiro atoms. The lowest BCUT2D eigenvalue weighted by molar-refractivity contribution is -0.137. The van der Waals surface area contributed by atoms with E-state index in [1.54, 1.807) is 19.0 Å². The van der Waals surface area contributed by atoms with Crippen LogP contribution in [0.4, 0.5) is 18.9 Å². The first kappa shape index (κ1) is 36.1. The summed E-state index contributed by atoms with van der Waals surface area (Å²) < 4.78 is 45.8. The van der Waals surface area contributed by atoms with E-state index < -0.39 is 30.1 Å². The van der Waals surface area contributed by atoms with E-state index >= 15 is 0 Å². The zero-order valence-corrected chi connectivity index (χ0v) is 26.2. The van der Waals surface area contributed by atoms with Crippen molar-refractivity contribution in [2.45, 2.75) is 25.9 Å². The van der Waals surface area contributed by atoms with Gasteiger partial charge >= 0.3 is 6.18 Å². The summed E-state index contributed by atoms with van der Waals surface area (Å²) >= 11 is 7.54. The third-order valence-corrected chi connectivity index (χ3v) is 7.79. The van der Waals surface area contributed by atoms with Crippen molar-refractivity contribution in [3.05, 3.63) is 51.8 Å². The molecule has 0 saturated carbocycles. The van der Waals surface area contributed by atoms with E-state index in [0.717, 1.165) is 62.5 Å². The van der Waals surface area contributed by atoms with Crippen LogP contribution in [0.15, 0.2) is 51.3 Å². The van der Waals surface area contributed by atoms with Crippen molar-refractivity contribution in [1.82, 2.24) is 19.5 Å². The molecule has 1 fully saturated rings. The summed E-state index contributed by atoms with van der Waals surface area (Å²) in [5.74, 6) is -1.19. The Morgan fingerprint density at radius 2 is 1.91 bits per heavy atom. The number of hydrogen-bond donors (Lipinski definition) is 2. The van der Waals surface area contributed by atoms with Gasteiger partial charge in [-0.25, -0.2) is 9.31 Å². The molecular weight excluding hydrogens is 607 g/mol. The average Bonchev–Trinajstić information content (AvgIpc) is 3.00. The Labute approximate surface area is 260 Å². The molecule has 2 heterocycles. The van der Waals surface area contributed by atoms with Gasteiger partial charge in [-0.3, -0.25) is 14.6 Å². The van der Waals surface area contributed by atoms with Crippen LogP contribution in [0.5, 0.6) is 0 Å². The number of ether oxygens (including phenoxy) is 1. The van der Waals surface area contributed by atoms with Gasteiger partial charge in [0, 0.05) is 45.6 Å². The number of carbonyl (C=O) groups is 2. The van der Waals surface area contributed by atoms with Crippen LogP contribution in [0.3, 0.4) is 0 Å². The minimum absolute atomic E-state index is 0.00967. The number of aliphatic imine (C=N–C) groups is 1. The molecule has 2 aliphatic heterocycles. The van der Waals surface area contributed by atoms with Crippen LogP contribution < -0.4 is 10.6 Å². The van der Waals surface area contributed by atoms with Crippen LogP contribution in [-0.2, 0) is 20.5 Å². The van der Waals surface area contributed by atoms with Crippen LogP contribution in [0, 0.1) is 0 Å². The number of hydrazone groups is 1. The normalized spacial score (nSPS) is 16.2. The SMILES string of the molecule is C=NCC1=CCOCC1.C=NN(CC(=O)Nc1ccc(C(F)(F)F)cc1Cl)C(=O)/C(=C(/CC)NC)N1CCN(SC)CC1. The molecule has 2 aliphatic rings. The van der Waals surface area contributed by atoms with E-state index in [-0.39, 0.29) is 10.7 Å². The van der Waals surface area contributed by atoms with Gasteiger partial charge < -0.3 is 20.3 Å². The van der Waals surface area contributed by atoms with Crippen LogP contribution in [0.25, 0.3) is 0 Å². The summed E-state index contributed by atoms with van der Waals surface area (Å²) in [5.41, 5.74) is 1.51. The number of halogens is 4. The Balaban J connectivity index is 0.000000609. The lowest BCUT2D eigenvalue weighted by Crippen LogP contribution is -2.48.